The Hall–Kier alpha value is -1.22. The third-order valence-corrected chi connectivity index (χ3v) is 5.56. The lowest BCUT2D eigenvalue weighted by Gasteiger charge is -2.45. The van der Waals surface area contributed by atoms with E-state index in [2.05, 4.69) is 4.90 Å². The van der Waals surface area contributed by atoms with E-state index in [1.807, 2.05) is 18.2 Å². The number of nitrogens with one attached hydrogen (secondary N) is 1. The van der Waals surface area contributed by atoms with E-state index in [0.29, 0.717) is 10.4 Å². The second kappa shape index (κ2) is 5.88. The number of piperidine rings is 1. The maximum atomic E-state index is 7.77. The highest BCUT2D eigenvalue weighted by Crippen LogP contribution is 2.45. The van der Waals surface area contributed by atoms with Crippen LogP contribution in [0.1, 0.15) is 50.5 Å². The molecule has 0 aromatic heterocycles. The van der Waals surface area contributed by atoms with Gasteiger partial charge in [0.2, 0.25) is 0 Å². The molecule has 0 unspecified atom stereocenters. The van der Waals surface area contributed by atoms with Gasteiger partial charge in [0, 0.05) is 29.4 Å². The number of benzene rings is 1. The molecule has 2 aliphatic rings. The van der Waals surface area contributed by atoms with Gasteiger partial charge in [-0.05, 0) is 49.3 Å². The normalized spacial score (nSPS) is 21.5. The third kappa shape index (κ3) is 3.03. The van der Waals surface area contributed by atoms with E-state index in [1.54, 1.807) is 0 Å². The van der Waals surface area contributed by atoms with Gasteiger partial charge < -0.3 is 10.6 Å². The SMILES string of the molecule is N=C(N)c1cc(Cl)ccc1N1CCC2(CCCCC2)CC1. The van der Waals surface area contributed by atoms with E-state index in [4.69, 9.17) is 22.7 Å². The molecule has 1 aromatic rings. The molecule has 0 amide bonds. The summed E-state index contributed by atoms with van der Waals surface area (Å²) in [4.78, 5) is 2.38. The Bertz CT molecular complexity index is 525. The summed E-state index contributed by atoms with van der Waals surface area (Å²) in [7, 11) is 0. The van der Waals surface area contributed by atoms with Gasteiger partial charge in [-0.15, -0.1) is 0 Å². The predicted octanol–water partition coefficient (Wildman–Crippen LogP) is 4.17. The predicted molar refractivity (Wildman–Crippen MR) is 89.4 cm³/mol. The van der Waals surface area contributed by atoms with Crippen molar-refractivity contribution in [1.29, 1.82) is 5.41 Å². The molecule has 1 saturated heterocycles. The molecule has 2 fully saturated rings. The van der Waals surface area contributed by atoms with Gasteiger partial charge in [0.15, 0.2) is 0 Å². The van der Waals surface area contributed by atoms with Crippen molar-refractivity contribution in [2.45, 2.75) is 44.9 Å². The zero-order valence-corrected chi connectivity index (χ0v) is 13.3. The molecule has 3 rings (SSSR count). The van der Waals surface area contributed by atoms with Crippen LogP contribution in [0.3, 0.4) is 0 Å². The average molecular weight is 306 g/mol. The van der Waals surface area contributed by atoms with Crippen molar-refractivity contribution in [3.05, 3.63) is 28.8 Å². The zero-order chi connectivity index (χ0) is 14.9. The van der Waals surface area contributed by atoms with E-state index < -0.39 is 0 Å². The number of hydrogen-bond donors (Lipinski definition) is 2. The molecule has 0 radical (unpaired) electrons. The minimum Gasteiger partial charge on any atom is -0.384 e. The van der Waals surface area contributed by atoms with Gasteiger partial charge in [0.1, 0.15) is 5.84 Å². The van der Waals surface area contributed by atoms with Crippen LogP contribution in [0.15, 0.2) is 18.2 Å². The van der Waals surface area contributed by atoms with Crippen LogP contribution in [0.25, 0.3) is 0 Å². The minimum absolute atomic E-state index is 0.102. The van der Waals surface area contributed by atoms with Gasteiger partial charge >= 0.3 is 0 Å². The van der Waals surface area contributed by atoms with E-state index in [1.165, 1.54) is 44.9 Å². The Morgan fingerprint density at radius 3 is 2.38 bits per heavy atom. The Morgan fingerprint density at radius 2 is 1.76 bits per heavy atom. The molecule has 1 heterocycles. The summed E-state index contributed by atoms with van der Waals surface area (Å²) in [6.45, 7) is 2.14. The molecule has 114 valence electrons. The lowest BCUT2D eigenvalue weighted by molar-refractivity contribution is 0.144. The van der Waals surface area contributed by atoms with Crippen LogP contribution in [0.4, 0.5) is 5.69 Å². The molecule has 1 aliphatic carbocycles. The number of nitrogens with two attached hydrogens (primary N) is 1. The van der Waals surface area contributed by atoms with Crippen LogP contribution in [-0.4, -0.2) is 18.9 Å². The van der Waals surface area contributed by atoms with Crippen LogP contribution >= 0.6 is 11.6 Å². The van der Waals surface area contributed by atoms with Gasteiger partial charge in [0.05, 0.1) is 0 Å². The molecule has 1 aromatic carbocycles. The van der Waals surface area contributed by atoms with Gasteiger partial charge in [-0.3, -0.25) is 5.41 Å². The smallest absolute Gasteiger partial charge is 0.124 e. The summed E-state index contributed by atoms with van der Waals surface area (Å²) in [5, 5.41) is 8.42. The van der Waals surface area contributed by atoms with Crippen LogP contribution < -0.4 is 10.6 Å². The maximum Gasteiger partial charge on any atom is 0.124 e. The molecule has 3 N–H and O–H groups in total. The van der Waals surface area contributed by atoms with E-state index in [9.17, 15) is 0 Å². The van der Waals surface area contributed by atoms with Crippen LogP contribution in [0.5, 0.6) is 0 Å². The first-order chi connectivity index (χ1) is 10.1. The van der Waals surface area contributed by atoms with Crippen molar-refractivity contribution in [1.82, 2.24) is 0 Å². The Kier molecular flexibility index (Phi) is 4.12. The molecular formula is C17H24ClN3. The van der Waals surface area contributed by atoms with E-state index in [0.717, 1.165) is 24.3 Å². The average Bonchev–Trinajstić information content (AvgIpc) is 2.49. The molecule has 1 aliphatic heterocycles. The summed E-state index contributed by atoms with van der Waals surface area (Å²) in [5.41, 5.74) is 8.15. The molecular weight excluding hydrogens is 282 g/mol. The molecule has 1 saturated carbocycles. The quantitative estimate of drug-likeness (QED) is 0.636. The number of nitrogens with zero attached hydrogens (tertiary/aromatic N) is 1. The second-order valence-electron chi connectivity index (χ2n) is 6.62. The second-order valence-corrected chi connectivity index (χ2v) is 7.06. The highest BCUT2D eigenvalue weighted by molar-refractivity contribution is 6.31. The highest BCUT2D eigenvalue weighted by Gasteiger charge is 2.35. The zero-order valence-electron chi connectivity index (χ0n) is 12.5. The minimum atomic E-state index is 0.102. The molecule has 21 heavy (non-hydrogen) atoms. The standard InChI is InChI=1S/C17H24ClN3/c18-13-4-5-15(14(12-13)16(19)20)21-10-8-17(9-11-21)6-2-1-3-7-17/h4-5,12H,1-3,6-11H2,(H3,19,20). The first-order valence-corrected chi connectivity index (χ1v) is 8.36. The topological polar surface area (TPSA) is 53.1 Å². The molecule has 0 bridgehead atoms. The Balaban J connectivity index is 1.76. The highest BCUT2D eigenvalue weighted by atomic mass is 35.5. The fourth-order valence-electron chi connectivity index (χ4n) is 4.02. The summed E-state index contributed by atoms with van der Waals surface area (Å²) in [5.74, 6) is 0.102. The summed E-state index contributed by atoms with van der Waals surface area (Å²) < 4.78 is 0. The fraction of sp³-hybridized carbons (Fsp3) is 0.588. The van der Waals surface area contributed by atoms with Crippen molar-refractivity contribution in [2.24, 2.45) is 11.1 Å². The summed E-state index contributed by atoms with van der Waals surface area (Å²) in [6, 6.07) is 5.72. The van der Waals surface area contributed by atoms with Crippen LogP contribution in [0, 0.1) is 10.8 Å². The largest absolute Gasteiger partial charge is 0.384 e. The number of amidine groups is 1. The third-order valence-electron chi connectivity index (χ3n) is 5.33. The lowest BCUT2D eigenvalue weighted by atomic mass is 9.68. The van der Waals surface area contributed by atoms with Crippen molar-refractivity contribution < 1.29 is 0 Å². The molecule has 4 heteroatoms. The number of rotatable bonds is 2. The number of halogens is 1. The van der Waals surface area contributed by atoms with Crippen LogP contribution in [0.2, 0.25) is 5.02 Å². The molecule has 1 spiro atoms. The van der Waals surface area contributed by atoms with E-state index in [-0.39, 0.29) is 5.84 Å². The maximum absolute atomic E-state index is 7.77. The number of nitrogen functional groups attached to an aromatic ring is 1. The van der Waals surface area contributed by atoms with Gasteiger partial charge in [0.25, 0.3) is 0 Å². The Morgan fingerprint density at radius 1 is 1.10 bits per heavy atom. The first kappa shape index (κ1) is 14.7. The summed E-state index contributed by atoms with van der Waals surface area (Å²) >= 11 is 6.05. The van der Waals surface area contributed by atoms with Crippen LogP contribution in [-0.2, 0) is 0 Å². The summed E-state index contributed by atoms with van der Waals surface area (Å²) in [6.07, 6.45) is 9.57. The van der Waals surface area contributed by atoms with Gasteiger partial charge in [-0.1, -0.05) is 30.9 Å². The van der Waals surface area contributed by atoms with Crippen molar-refractivity contribution >= 4 is 23.1 Å². The van der Waals surface area contributed by atoms with Gasteiger partial charge in [-0.25, -0.2) is 0 Å². The van der Waals surface area contributed by atoms with E-state index >= 15 is 0 Å². The molecule has 3 nitrogen and oxygen atoms in total. The van der Waals surface area contributed by atoms with Gasteiger partial charge in [-0.2, -0.15) is 0 Å². The lowest BCUT2D eigenvalue weighted by Crippen LogP contribution is -2.41. The number of hydrogen-bond acceptors (Lipinski definition) is 2. The monoisotopic (exact) mass is 305 g/mol. The Labute approximate surface area is 132 Å². The van der Waals surface area contributed by atoms with Crippen molar-refractivity contribution in [2.75, 3.05) is 18.0 Å². The number of anilines is 1. The van der Waals surface area contributed by atoms with Crippen molar-refractivity contribution in [3.8, 4) is 0 Å². The molecule has 0 atom stereocenters. The fourth-order valence-corrected chi connectivity index (χ4v) is 4.20. The van der Waals surface area contributed by atoms with Crippen molar-refractivity contribution in [3.63, 3.8) is 0 Å². The first-order valence-electron chi connectivity index (χ1n) is 7.99.